The Morgan fingerprint density at radius 1 is 1.40 bits per heavy atom. The Bertz CT molecular complexity index is 684. The molecular formula is C17H21Cl2N3O3. The summed E-state index contributed by atoms with van der Waals surface area (Å²) in [5.41, 5.74) is 0. The van der Waals surface area contributed by atoms with Crippen LogP contribution < -0.4 is 4.74 Å². The number of aromatic nitrogens is 3. The summed E-state index contributed by atoms with van der Waals surface area (Å²) in [5, 5.41) is 5.21. The Morgan fingerprint density at radius 3 is 3.00 bits per heavy atom. The molecule has 1 aliphatic heterocycles. The smallest absolute Gasteiger partial charge is 0.188 e. The number of hydrogen-bond donors (Lipinski definition) is 0. The summed E-state index contributed by atoms with van der Waals surface area (Å²) < 4.78 is 19.7. The largest absolute Gasteiger partial charge is 0.489 e. The van der Waals surface area contributed by atoms with Gasteiger partial charge in [0.15, 0.2) is 5.79 Å². The van der Waals surface area contributed by atoms with Gasteiger partial charge in [0.05, 0.1) is 18.2 Å². The van der Waals surface area contributed by atoms with Crippen molar-refractivity contribution in [3.63, 3.8) is 0 Å². The first-order chi connectivity index (χ1) is 12.1. The van der Waals surface area contributed by atoms with Gasteiger partial charge in [0.2, 0.25) is 0 Å². The third-order valence-corrected chi connectivity index (χ3v) is 4.54. The quantitative estimate of drug-likeness (QED) is 0.687. The van der Waals surface area contributed by atoms with Crippen molar-refractivity contribution in [1.82, 2.24) is 14.8 Å². The minimum Gasteiger partial charge on any atom is -0.489 e. The van der Waals surface area contributed by atoms with E-state index in [-0.39, 0.29) is 6.10 Å². The molecular weight excluding hydrogens is 365 g/mol. The average molecular weight is 386 g/mol. The van der Waals surface area contributed by atoms with Crippen LogP contribution in [-0.2, 0) is 16.0 Å². The number of ether oxygens (including phenoxy) is 3. The molecule has 136 valence electrons. The van der Waals surface area contributed by atoms with Crippen molar-refractivity contribution in [3.8, 4) is 5.75 Å². The van der Waals surface area contributed by atoms with Gasteiger partial charge in [-0.15, -0.1) is 0 Å². The zero-order valence-electron chi connectivity index (χ0n) is 14.0. The number of hydrogen-bond acceptors (Lipinski definition) is 5. The molecule has 2 heterocycles. The molecule has 25 heavy (non-hydrogen) atoms. The van der Waals surface area contributed by atoms with E-state index in [1.54, 1.807) is 29.2 Å². The fraction of sp³-hybridized carbons (Fsp3) is 0.529. The van der Waals surface area contributed by atoms with Gasteiger partial charge in [0, 0.05) is 11.4 Å². The van der Waals surface area contributed by atoms with Gasteiger partial charge in [-0.25, -0.2) is 9.67 Å². The van der Waals surface area contributed by atoms with E-state index in [1.165, 1.54) is 6.33 Å². The summed E-state index contributed by atoms with van der Waals surface area (Å²) in [7, 11) is 0. The van der Waals surface area contributed by atoms with Crippen LogP contribution in [0.25, 0.3) is 0 Å². The molecule has 1 aliphatic rings. The lowest BCUT2D eigenvalue weighted by molar-refractivity contribution is -0.187. The summed E-state index contributed by atoms with van der Waals surface area (Å²) in [6, 6.07) is 5.14. The van der Waals surface area contributed by atoms with Crippen LogP contribution in [0.2, 0.25) is 10.0 Å². The van der Waals surface area contributed by atoms with Gasteiger partial charge < -0.3 is 14.2 Å². The molecule has 2 aromatic rings. The van der Waals surface area contributed by atoms with E-state index in [4.69, 9.17) is 37.4 Å². The molecule has 0 N–H and O–H groups in total. The molecule has 1 aromatic heterocycles. The molecule has 2 atom stereocenters. The molecule has 8 heteroatoms. The standard InChI is InChI=1S/C17H21Cl2N3O3/c1-2-3-6-17(10-22-12-20-11-21-22)24-9-14(25-17)8-23-16-5-4-13(18)7-15(16)19/h4-5,7,11-12,14H,2-3,6,8-10H2,1H3. The Morgan fingerprint density at radius 2 is 2.28 bits per heavy atom. The third kappa shape index (κ3) is 4.85. The van der Waals surface area contributed by atoms with Crippen molar-refractivity contribution >= 4 is 23.2 Å². The molecule has 0 radical (unpaired) electrons. The van der Waals surface area contributed by atoms with E-state index in [9.17, 15) is 0 Å². The maximum Gasteiger partial charge on any atom is 0.188 e. The predicted octanol–water partition coefficient (Wildman–Crippen LogP) is 3.97. The van der Waals surface area contributed by atoms with E-state index in [0.717, 1.165) is 19.3 Å². The first-order valence-corrected chi connectivity index (χ1v) is 9.08. The van der Waals surface area contributed by atoms with Crippen LogP contribution in [0.4, 0.5) is 0 Å². The van der Waals surface area contributed by atoms with Crippen LogP contribution in [0.5, 0.6) is 5.75 Å². The highest BCUT2D eigenvalue weighted by atomic mass is 35.5. The summed E-state index contributed by atoms with van der Waals surface area (Å²) in [4.78, 5) is 3.98. The van der Waals surface area contributed by atoms with Gasteiger partial charge in [-0.1, -0.05) is 36.5 Å². The lowest BCUT2D eigenvalue weighted by Gasteiger charge is -2.27. The summed E-state index contributed by atoms with van der Waals surface area (Å²) in [5.74, 6) is -0.112. The van der Waals surface area contributed by atoms with Gasteiger partial charge in [-0.3, -0.25) is 0 Å². The van der Waals surface area contributed by atoms with Crippen LogP contribution in [-0.4, -0.2) is 39.9 Å². The lowest BCUT2D eigenvalue weighted by atomic mass is 10.1. The van der Waals surface area contributed by atoms with Crippen LogP contribution in [0, 0.1) is 0 Å². The molecule has 1 fully saturated rings. The van der Waals surface area contributed by atoms with E-state index >= 15 is 0 Å². The van der Waals surface area contributed by atoms with Crippen LogP contribution in [0.15, 0.2) is 30.9 Å². The van der Waals surface area contributed by atoms with Crippen LogP contribution in [0.3, 0.4) is 0 Å². The summed E-state index contributed by atoms with van der Waals surface area (Å²) >= 11 is 12.0. The fourth-order valence-electron chi connectivity index (χ4n) is 2.77. The summed E-state index contributed by atoms with van der Waals surface area (Å²) in [6.07, 6.45) is 5.86. The van der Waals surface area contributed by atoms with Crippen molar-refractivity contribution in [1.29, 1.82) is 0 Å². The zero-order valence-corrected chi connectivity index (χ0v) is 15.5. The second kappa shape index (κ2) is 8.36. The number of benzene rings is 1. The number of nitrogens with zero attached hydrogens (tertiary/aromatic N) is 3. The Balaban J connectivity index is 1.60. The number of unbranched alkanes of at least 4 members (excludes halogenated alkanes) is 1. The molecule has 3 rings (SSSR count). The normalized spacial score (nSPS) is 23.1. The second-order valence-electron chi connectivity index (χ2n) is 6.04. The van der Waals surface area contributed by atoms with Crippen LogP contribution >= 0.6 is 23.2 Å². The van der Waals surface area contributed by atoms with Crippen molar-refractivity contribution in [2.45, 2.75) is 44.6 Å². The minimum absolute atomic E-state index is 0.174. The molecule has 1 aromatic carbocycles. The maximum absolute atomic E-state index is 6.20. The van der Waals surface area contributed by atoms with Crippen LogP contribution in [0.1, 0.15) is 26.2 Å². The lowest BCUT2D eigenvalue weighted by Crippen LogP contribution is -2.37. The Labute approximate surface area is 157 Å². The van der Waals surface area contributed by atoms with Crippen molar-refractivity contribution in [3.05, 3.63) is 40.9 Å². The van der Waals surface area contributed by atoms with Gasteiger partial charge >= 0.3 is 0 Å². The minimum atomic E-state index is -0.693. The number of rotatable bonds is 8. The average Bonchev–Trinajstić information content (AvgIpc) is 3.23. The molecule has 0 saturated carbocycles. The first kappa shape index (κ1) is 18.5. The van der Waals surface area contributed by atoms with Gasteiger partial charge in [0.25, 0.3) is 0 Å². The zero-order chi connectivity index (χ0) is 17.7. The number of halogens is 2. The van der Waals surface area contributed by atoms with E-state index in [0.29, 0.717) is 35.6 Å². The highest BCUT2D eigenvalue weighted by Gasteiger charge is 2.42. The topological polar surface area (TPSA) is 58.4 Å². The Kier molecular flexibility index (Phi) is 6.17. The molecule has 0 amide bonds. The first-order valence-electron chi connectivity index (χ1n) is 8.32. The molecule has 0 bridgehead atoms. The van der Waals surface area contributed by atoms with Crippen molar-refractivity contribution in [2.75, 3.05) is 13.2 Å². The second-order valence-corrected chi connectivity index (χ2v) is 6.89. The molecule has 0 spiro atoms. The van der Waals surface area contributed by atoms with Crippen molar-refractivity contribution in [2.24, 2.45) is 0 Å². The maximum atomic E-state index is 6.20. The van der Waals surface area contributed by atoms with E-state index in [1.807, 2.05) is 0 Å². The monoisotopic (exact) mass is 385 g/mol. The molecule has 6 nitrogen and oxygen atoms in total. The Hall–Kier alpha value is -1.34. The highest BCUT2D eigenvalue weighted by Crippen LogP contribution is 2.32. The van der Waals surface area contributed by atoms with E-state index < -0.39 is 5.79 Å². The third-order valence-electron chi connectivity index (χ3n) is 4.01. The molecule has 2 unspecified atom stereocenters. The fourth-order valence-corrected chi connectivity index (χ4v) is 3.24. The van der Waals surface area contributed by atoms with Crippen molar-refractivity contribution < 1.29 is 14.2 Å². The van der Waals surface area contributed by atoms with Gasteiger partial charge in [0.1, 0.15) is 31.1 Å². The highest BCUT2D eigenvalue weighted by molar-refractivity contribution is 6.35. The summed E-state index contributed by atoms with van der Waals surface area (Å²) in [6.45, 7) is 3.46. The molecule has 1 saturated heterocycles. The van der Waals surface area contributed by atoms with Gasteiger partial charge in [-0.2, -0.15) is 5.10 Å². The molecule has 0 aliphatic carbocycles. The van der Waals surface area contributed by atoms with Gasteiger partial charge in [-0.05, 0) is 24.6 Å². The predicted molar refractivity (Wildman–Crippen MR) is 95.1 cm³/mol. The SMILES string of the molecule is CCCCC1(Cn2cncn2)OCC(COc2ccc(Cl)cc2Cl)O1. The van der Waals surface area contributed by atoms with E-state index in [2.05, 4.69) is 17.0 Å².